The molecular weight excluding hydrogens is 414 g/mol. The van der Waals surface area contributed by atoms with Crippen LogP contribution in [0.25, 0.3) is 0 Å². The number of hydrogen-bond acceptors (Lipinski definition) is 3. The predicted octanol–water partition coefficient (Wildman–Crippen LogP) is 6.60. The van der Waals surface area contributed by atoms with E-state index >= 15 is 0 Å². The van der Waals surface area contributed by atoms with Crippen LogP contribution in [0.4, 0.5) is 5.69 Å². The van der Waals surface area contributed by atoms with Gasteiger partial charge in [-0.2, -0.15) is 0 Å². The first-order chi connectivity index (χ1) is 13.7. The molecule has 0 bridgehead atoms. The SMILES string of the molecule is CCOc1cc(CNc2ccccc2CC)cc(Br)c1OCc1ccccc1. The van der Waals surface area contributed by atoms with Gasteiger partial charge < -0.3 is 14.8 Å². The third-order valence-corrected chi connectivity index (χ3v) is 5.07. The van der Waals surface area contributed by atoms with Gasteiger partial charge in [0.1, 0.15) is 6.61 Å². The molecule has 0 atom stereocenters. The molecule has 3 aromatic carbocycles. The highest BCUT2D eigenvalue weighted by Gasteiger charge is 2.13. The molecule has 3 aromatic rings. The zero-order valence-electron chi connectivity index (χ0n) is 16.4. The summed E-state index contributed by atoms with van der Waals surface area (Å²) in [6.07, 6.45) is 1.00. The summed E-state index contributed by atoms with van der Waals surface area (Å²) < 4.78 is 12.8. The lowest BCUT2D eigenvalue weighted by Gasteiger charge is -2.17. The van der Waals surface area contributed by atoms with Crippen LogP contribution in [0, 0.1) is 0 Å². The van der Waals surface area contributed by atoms with Gasteiger partial charge in [0.25, 0.3) is 0 Å². The summed E-state index contributed by atoms with van der Waals surface area (Å²) in [7, 11) is 0. The quantitative estimate of drug-likeness (QED) is 0.407. The average molecular weight is 440 g/mol. The number of halogens is 1. The van der Waals surface area contributed by atoms with Gasteiger partial charge in [0, 0.05) is 12.2 Å². The van der Waals surface area contributed by atoms with Crippen molar-refractivity contribution >= 4 is 21.6 Å². The Bertz CT molecular complexity index is 896. The maximum atomic E-state index is 6.07. The van der Waals surface area contributed by atoms with Gasteiger partial charge in [-0.1, -0.05) is 55.5 Å². The van der Waals surface area contributed by atoms with Gasteiger partial charge in [-0.05, 0) is 64.2 Å². The van der Waals surface area contributed by atoms with Crippen LogP contribution in [-0.2, 0) is 19.6 Å². The van der Waals surface area contributed by atoms with Gasteiger partial charge in [0.05, 0.1) is 11.1 Å². The molecule has 0 saturated heterocycles. The molecule has 3 nitrogen and oxygen atoms in total. The number of aryl methyl sites for hydroxylation is 1. The molecule has 0 radical (unpaired) electrons. The first-order valence-electron chi connectivity index (χ1n) is 9.65. The van der Waals surface area contributed by atoms with E-state index < -0.39 is 0 Å². The molecule has 0 fully saturated rings. The van der Waals surface area contributed by atoms with Gasteiger partial charge >= 0.3 is 0 Å². The Morgan fingerprint density at radius 3 is 2.36 bits per heavy atom. The second-order valence-electron chi connectivity index (χ2n) is 6.48. The fraction of sp³-hybridized carbons (Fsp3) is 0.250. The topological polar surface area (TPSA) is 30.5 Å². The van der Waals surface area contributed by atoms with Crippen LogP contribution in [0.3, 0.4) is 0 Å². The molecule has 1 N–H and O–H groups in total. The average Bonchev–Trinajstić information content (AvgIpc) is 2.73. The molecule has 0 saturated carbocycles. The van der Waals surface area contributed by atoms with E-state index in [0.29, 0.717) is 19.8 Å². The summed E-state index contributed by atoms with van der Waals surface area (Å²) in [5.74, 6) is 1.50. The molecule has 0 aliphatic heterocycles. The van der Waals surface area contributed by atoms with Crippen molar-refractivity contribution < 1.29 is 9.47 Å². The molecule has 0 amide bonds. The Balaban J connectivity index is 1.76. The smallest absolute Gasteiger partial charge is 0.175 e. The van der Waals surface area contributed by atoms with Crippen LogP contribution < -0.4 is 14.8 Å². The fourth-order valence-corrected chi connectivity index (χ4v) is 3.66. The largest absolute Gasteiger partial charge is 0.490 e. The third kappa shape index (κ3) is 5.29. The van der Waals surface area contributed by atoms with Crippen molar-refractivity contribution in [2.75, 3.05) is 11.9 Å². The highest BCUT2D eigenvalue weighted by atomic mass is 79.9. The standard InChI is InChI=1S/C24H26BrNO2/c1-3-20-12-8-9-13-22(20)26-16-19-14-21(25)24(23(15-19)27-4-2)28-17-18-10-6-5-7-11-18/h5-15,26H,3-4,16-17H2,1-2H3. The van der Waals surface area contributed by atoms with E-state index in [9.17, 15) is 0 Å². The Hall–Kier alpha value is -2.46. The van der Waals surface area contributed by atoms with Gasteiger partial charge in [0.2, 0.25) is 0 Å². The zero-order valence-corrected chi connectivity index (χ0v) is 18.0. The third-order valence-electron chi connectivity index (χ3n) is 4.48. The molecule has 4 heteroatoms. The number of ether oxygens (including phenoxy) is 2. The van der Waals surface area contributed by atoms with E-state index in [4.69, 9.17) is 9.47 Å². The van der Waals surface area contributed by atoms with E-state index in [0.717, 1.165) is 33.5 Å². The fourth-order valence-electron chi connectivity index (χ4n) is 3.05. The van der Waals surface area contributed by atoms with Crippen LogP contribution in [0.2, 0.25) is 0 Å². The van der Waals surface area contributed by atoms with Crippen molar-refractivity contribution in [1.82, 2.24) is 0 Å². The Labute approximate surface area is 175 Å². The maximum absolute atomic E-state index is 6.07. The summed E-state index contributed by atoms with van der Waals surface area (Å²) >= 11 is 3.66. The second-order valence-corrected chi connectivity index (χ2v) is 7.33. The lowest BCUT2D eigenvalue weighted by molar-refractivity contribution is 0.267. The number of para-hydroxylation sites is 1. The lowest BCUT2D eigenvalue weighted by Crippen LogP contribution is -2.05. The van der Waals surface area contributed by atoms with Crippen molar-refractivity contribution in [3.63, 3.8) is 0 Å². The molecule has 0 aromatic heterocycles. The molecular formula is C24H26BrNO2. The minimum atomic E-state index is 0.501. The lowest BCUT2D eigenvalue weighted by atomic mass is 10.1. The Morgan fingerprint density at radius 1 is 0.857 bits per heavy atom. The van der Waals surface area contributed by atoms with E-state index in [1.807, 2.05) is 25.1 Å². The van der Waals surface area contributed by atoms with E-state index in [-0.39, 0.29) is 0 Å². The molecule has 0 spiro atoms. The monoisotopic (exact) mass is 439 g/mol. The number of benzene rings is 3. The normalized spacial score (nSPS) is 10.5. The van der Waals surface area contributed by atoms with Gasteiger partial charge in [-0.15, -0.1) is 0 Å². The van der Waals surface area contributed by atoms with Gasteiger partial charge in [-0.25, -0.2) is 0 Å². The molecule has 0 heterocycles. The number of nitrogens with one attached hydrogen (secondary N) is 1. The van der Waals surface area contributed by atoms with E-state index in [2.05, 4.69) is 76.7 Å². The highest BCUT2D eigenvalue weighted by Crippen LogP contribution is 2.37. The van der Waals surface area contributed by atoms with Crippen molar-refractivity contribution in [2.24, 2.45) is 0 Å². The summed E-state index contributed by atoms with van der Waals surface area (Å²) in [5, 5.41) is 3.54. The van der Waals surface area contributed by atoms with Crippen molar-refractivity contribution in [3.8, 4) is 11.5 Å². The molecule has 0 unspecified atom stereocenters. The van der Waals surface area contributed by atoms with E-state index in [1.54, 1.807) is 0 Å². The van der Waals surface area contributed by atoms with Crippen molar-refractivity contribution in [3.05, 3.63) is 87.9 Å². The predicted molar refractivity (Wildman–Crippen MR) is 119 cm³/mol. The Morgan fingerprint density at radius 2 is 1.61 bits per heavy atom. The zero-order chi connectivity index (χ0) is 19.8. The van der Waals surface area contributed by atoms with Crippen LogP contribution in [0.1, 0.15) is 30.5 Å². The summed E-state index contributed by atoms with van der Waals surface area (Å²) in [4.78, 5) is 0. The number of anilines is 1. The van der Waals surface area contributed by atoms with Crippen LogP contribution in [-0.4, -0.2) is 6.61 Å². The van der Waals surface area contributed by atoms with Gasteiger partial charge in [0.15, 0.2) is 11.5 Å². The van der Waals surface area contributed by atoms with Crippen LogP contribution in [0.15, 0.2) is 71.2 Å². The van der Waals surface area contributed by atoms with Crippen LogP contribution in [0.5, 0.6) is 11.5 Å². The highest BCUT2D eigenvalue weighted by molar-refractivity contribution is 9.10. The molecule has 0 aliphatic carbocycles. The molecule has 3 rings (SSSR count). The van der Waals surface area contributed by atoms with Crippen molar-refractivity contribution in [2.45, 2.75) is 33.4 Å². The number of hydrogen-bond donors (Lipinski definition) is 1. The molecule has 28 heavy (non-hydrogen) atoms. The van der Waals surface area contributed by atoms with E-state index in [1.165, 1.54) is 11.3 Å². The molecule has 146 valence electrons. The number of rotatable bonds is 9. The molecule has 0 aliphatic rings. The first-order valence-corrected chi connectivity index (χ1v) is 10.4. The maximum Gasteiger partial charge on any atom is 0.175 e. The summed E-state index contributed by atoms with van der Waals surface area (Å²) in [5.41, 5.74) is 4.74. The van der Waals surface area contributed by atoms with Crippen LogP contribution >= 0.6 is 15.9 Å². The van der Waals surface area contributed by atoms with Gasteiger partial charge in [-0.3, -0.25) is 0 Å². The minimum absolute atomic E-state index is 0.501. The summed E-state index contributed by atoms with van der Waals surface area (Å²) in [6, 6.07) is 22.7. The first kappa shape index (κ1) is 20.3. The Kier molecular flexibility index (Phi) is 7.38. The summed E-state index contributed by atoms with van der Waals surface area (Å²) in [6.45, 7) is 5.96. The van der Waals surface area contributed by atoms with Crippen molar-refractivity contribution in [1.29, 1.82) is 0 Å². The minimum Gasteiger partial charge on any atom is -0.490 e. The second kappa shape index (κ2) is 10.2.